The van der Waals surface area contributed by atoms with Crippen LogP contribution in [0.25, 0.3) is 0 Å². The summed E-state index contributed by atoms with van der Waals surface area (Å²) in [5.41, 5.74) is 1.12. The van der Waals surface area contributed by atoms with E-state index in [1.165, 1.54) is 38.8 Å². The molecule has 0 aliphatic carbocycles. The topological polar surface area (TPSA) is 44.8 Å². The molecule has 2 fully saturated rings. The van der Waals surface area contributed by atoms with Crippen molar-refractivity contribution in [1.82, 2.24) is 15.1 Å². The molecule has 1 aromatic carbocycles. The first kappa shape index (κ1) is 20.2. The molecule has 2 aliphatic heterocycles. The first-order valence-electron chi connectivity index (χ1n) is 10.7. The molecule has 1 amide bonds. The standard InChI is InChI=1S/C22H35N3O2/c1-19-9-4-5-13-24(19)16-8-12-23-17-20-10-2-3-11-21(20)27-18-22(26)25-14-6-7-15-25/h2-3,10-11,19,23H,4-9,12-18H2,1H3. The van der Waals surface area contributed by atoms with Crippen LogP contribution in [0, 0.1) is 0 Å². The highest BCUT2D eigenvalue weighted by atomic mass is 16.5. The minimum absolute atomic E-state index is 0.103. The Labute approximate surface area is 164 Å². The molecule has 2 aliphatic rings. The maximum atomic E-state index is 12.2. The summed E-state index contributed by atoms with van der Waals surface area (Å²) in [6, 6.07) is 8.78. The zero-order valence-electron chi connectivity index (χ0n) is 16.8. The van der Waals surface area contributed by atoms with Gasteiger partial charge in [0.05, 0.1) is 0 Å². The number of carbonyl (C=O) groups excluding carboxylic acids is 1. The molecule has 0 bridgehead atoms. The summed E-state index contributed by atoms with van der Waals surface area (Å²) in [6.45, 7) is 8.46. The molecular formula is C22H35N3O2. The fourth-order valence-electron chi connectivity index (χ4n) is 4.11. The Morgan fingerprint density at radius 2 is 1.93 bits per heavy atom. The maximum Gasteiger partial charge on any atom is 0.260 e. The van der Waals surface area contributed by atoms with Crippen molar-refractivity contribution in [3.63, 3.8) is 0 Å². The van der Waals surface area contributed by atoms with Crippen molar-refractivity contribution in [2.45, 2.75) is 58.0 Å². The molecule has 5 nitrogen and oxygen atoms in total. The summed E-state index contributed by atoms with van der Waals surface area (Å²) < 4.78 is 5.84. The monoisotopic (exact) mass is 373 g/mol. The lowest BCUT2D eigenvalue weighted by Gasteiger charge is -2.33. The number of amides is 1. The number of ether oxygens (including phenoxy) is 1. The number of nitrogens with one attached hydrogen (secondary N) is 1. The quantitative estimate of drug-likeness (QED) is 0.676. The lowest BCUT2D eigenvalue weighted by Crippen LogP contribution is -2.38. The molecule has 5 heteroatoms. The minimum Gasteiger partial charge on any atom is -0.483 e. The van der Waals surface area contributed by atoms with Gasteiger partial charge in [-0.3, -0.25) is 4.79 Å². The molecule has 2 saturated heterocycles. The van der Waals surface area contributed by atoms with Gasteiger partial charge in [-0.1, -0.05) is 24.6 Å². The molecule has 1 N–H and O–H groups in total. The highest BCUT2D eigenvalue weighted by Crippen LogP contribution is 2.19. The van der Waals surface area contributed by atoms with Gasteiger partial charge in [0.1, 0.15) is 5.75 Å². The van der Waals surface area contributed by atoms with Gasteiger partial charge in [-0.2, -0.15) is 0 Å². The first-order valence-corrected chi connectivity index (χ1v) is 10.7. The van der Waals surface area contributed by atoms with Gasteiger partial charge in [0.15, 0.2) is 6.61 Å². The first-order chi connectivity index (χ1) is 13.2. The number of para-hydroxylation sites is 1. The van der Waals surface area contributed by atoms with Crippen LogP contribution < -0.4 is 10.1 Å². The summed E-state index contributed by atoms with van der Waals surface area (Å²) >= 11 is 0. The van der Waals surface area contributed by atoms with E-state index in [-0.39, 0.29) is 12.5 Å². The third-order valence-corrected chi connectivity index (χ3v) is 5.84. The number of carbonyl (C=O) groups is 1. The Bertz CT molecular complexity index is 587. The zero-order chi connectivity index (χ0) is 18.9. The van der Waals surface area contributed by atoms with Crippen LogP contribution >= 0.6 is 0 Å². The number of benzene rings is 1. The number of nitrogens with zero attached hydrogens (tertiary/aromatic N) is 2. The maximum absolute atomic E-state index is 12.2. The number of hydrogen-bond donors (Lipinski definition) is 1. The van der Waals surface area contributed by atoms with Gasteiger partial charge < -0.3 is 19.9 Å². The Kier molecular flexibility index (Phi) is 7.96. The van der Waals surface area contributed by atoms with Crippen molar-refractivity contribution in [2.24, 2.45) is 0 Å². The molecule has 150 valence electrons. The average molecular weight is 374 g/mol. The Balaban J connectivity index is 1.37. The van der Waals surface area contributed by atoms with Gasteiger partial charge >= 0.3 is 0 Å². The van der Waals surface area contributed by atoms with Crippen LogP contribution in [0.3, 0.4) is 0 Å². The van der Waals surface area contributed by atoms with E-state index < -0.39 is 0 Å². The second-order valence-corrected chi connectivity index (χ2v) is 7.90. The largest absolute Gasteiger partial charge is 0.483 e. The summed E-state index contributed by atoms with van der Waals surface area (Å²) in [7, 11) is 0. The second-order valence-electron chi connectivity index (χ2n) is 7.90. The lowest BCUT2D eigenvalue weighted by atomic mass is 10.0. The van der Waals surface area contributed by atoms with Crippen LogP contribution in [0.15, 0.2) is 24.3 Å². The number of piperidine rings is 1. The predicted octanol–water partition coefficient (Wildman–Crippen LogP) is 3.04. The molecule has 27 heavy (non-hydrogen) atoms. The van der Waals surface area contributed by atoms with Crippen LogP contribution in [0.4, 0.5) is 0 Å². The van der Waals surface area contributed by atoms with E-state index in [9.17, 15) is 4.79 Å². The van der Waals surface area contributed by atoms with E-state index in [0.717, 1.165) is 56.4 Å². The Morgan fingerprint density at radius 3 is 2.74 bits per heavy atom. The molecule has 1 unspecified atom stereocenters. The van der Waals surface area contributed by atoms with Crippen molar-refractivity contribution in [1.29, 1.82) is 0 Å². The van der Waals surface area contributed by atoms with E-state index in [1.54, 1.807) is 0 Å². The molecule has 1 aromatic rings. The molecule has 0 spiro atoms. The average Bonchev–Trinajstić information content (AvgIpc) is 3.23. The summed E-state index contributed by atoms with van der Waals surface area (Å²) in [5.74, 6) is 0.924. The summed E-state index contributed by atoms with van der Waals surface area (Å²) in [6.07, 6.45) is 7.46. The number of likely N-dealkylation sites (tertiary alicyclic amines) is 2. The minimum atomic E-state index is 0.103. The fraction of sp³-hybridized carbons (Fsp3) is 0.682. The summed E-state index contributed by atoms with van der Waals surface area (Å²) in [5, 5.41) is 3.54. The molecule has 2 heterocycles. The van der Waals surface area contributed by atoms with Gasteiger partial charge in [-0.05, 0) is 64.7 Å². The SMILES string of the molecule is CC1CCCCN1CCCNCc1ccccc1OCC(=O)N1CCCC1. The van der Waals surface area contributed by atoms with Gasteiger partial charge in [0, 0.05) is 31.2 Å². The van der Waals surface area contributed by atoms with Crippen LogP contribution in [0.2, 0.25) is 0 Å². The third kappa shape index (κ3) is 6.22. The van der Waals surface area contributed by atoms with E-state index >= 15 is 0 Å². The van der Waals surface area contributed by atoms with Crippen molar-refractivity contribution in [3.8, 4) is 5.75 Å². The molecular weight excluding hydrogens is 338 g/mol. The normalized spacial score (nSPS) is 20.8. The van der Waals surface area contributed by atoms with Crippen LogP contribution in [0.5, 0.6) is 5.75 Å². The van der Waals surface area contributed by atoms with Crippen LogP contribution in [-0.2, 0) is 11.3 Å². The van der Waals surface area contributed by atoms with Crippen molar-refractivity contribution in [3.05, 3.63) is 29.8 Å². The van der Waals surface area contributed by atoms with Gasteiger partial charge in [0.2, 0.25) is 0 Å². The molecule has 0 radical (unpaired) electrons. The Morgan fingerprint density at radius 1 is 1.15 bits per heavy atom. The number of hydrogen-bond acceptors (Lipinski definition) is 4. The van der Waals surface area contributed by atoms with Crippen molar-refractivity contribution < 1.29 is 9.53 Å². The molecule has 3 rings (SSSR count). The fourth-order valence-corrected chi connectivity index (χ4v) is 4.11. The van der Waals surface area contributed by atoms with Gasteiger partial charge in [0.25, 0.3) is 5.91 Å². The highest BCUT2D eigenvalue weighted by molar-refractivity contribution is 5.78. The van der Waals surface area contributed by atoms with E-state index in [0.29, 0.717) is 0 Å². The smallest absolute Gasteiger partial charge is 0.260 e. The zero-order valence-corrected chi connectivity index (χ0v) is 16.8. The Hall–Kier alpha value is -1.59. The van der Waals surface area contributed by atoms with Crippen LogP contribution in [0.1, 0.15) is 51.0 Å². The highest BCUT2D eigenvalue weighted by Gasteiger charge is 2.19. The van der Waals surface area contributed by atoms with E-state index in [1.807, 2.05) is 23.1 Å². The molecule has 0 saturated carbocycles. The van der Waals surface area contributed by atoms with Crippen molar-refractivity contribution in [2.75, 3.05) is 39.3 Å². The lowest BCUT2D eigenvalue weighted by molar-refractivity contribution is -0.132. The van der Waals surface area contributed by atoms with Crippen molar-refractivity contribution >= 4 is 5.91 Å². The van der Waals surface area contributed by atoms with Gasteiger partial charge in [-0.15, -0.1) is 0 Å². The predicted molar refractivity (Wildman–Crippen MR) is 109 cm³/mol. The number of rotatable bonds is 9. The van der Waals surface area contributed by atoms with Gasteiger partial charge in [-0.25, -0.2) is 0 Å². The summed E-state index contributed by atoms with van der Waals surface area (Å²) in [4.78, 5) is 16.7. The van der Waals surface area contributed by atoms with E-state index in [2.05, 4.69) is 23.2 Å². The van der Waals surface area contributed by atoms with E-state index in [4.69, 9.17) is 4.74 Å². The molecule has 1 atom stereocenters. The third-order valence-electron chi connectivity index (χ3n) is 5.84. The van der Waals surface area contributed by atoms with Crippen LogP contribution in [-0.4, -0.2) is 61.1 Å². The second kappa shape index (κ2) is 10.7. The molecule has 0 aromatic heterocycles.